The van der Waals surface area contributed by atoms with Crippen molar-refractivity contribution in [2.45, 2.75) is 57.9 Å². The minimum absolute atomic E-state index is 0.420. The Hall–Kier alpha value is -0.0400. The summed E-state index contributed by atoms with van der Waals surface area (Å²) in [7, 11) is 0. The summed E-state index contributed by atoms with van der Waals surface area (Å²) in [6.45, 7) is 2.16. The van der Waals surface area contributed by atoms with Crippen LogP contribution in [0.4, 0.5) is 0 Å². The Morgan fingerprint density at radius 1 is 1.42 bits per heavy atom. The molecule has 12 heavy (non-hydrogen) atoms. The van der Waals surface area contributed by atoms with E-state index in [-0.39, 0.29) is 0 Å². The topological polar surface area (TPSA) is 26.0 Å². The van der Waals surface area contributed by atoms with Gasteiger partial charge in [0.1, 0.15) is 0 Å². The molecular weight excluding hydrogens is 146 g/mol. The molecule has 3 saturated carbocycles. The van der Waals surface area contributed by atoms with Crippen molar-refractivity contribution in [3.8, 4) is 0 Å². The average Bonchev–Trinajstić information content (AvgIpc) is 2.16. The molecule has 0 amide bonds. The van der Waals surface area contributed by atoms with Crippen molar-refractivity contribution >= 4 is 0 Å². The van der Waals surface area contributed by atoms with Crippen molar-refractivity contribution in [1.82, 2.24) is 0 Å². The Labute approximate surface area is 75.7 Å². The molecule has 3 aliphatic rings. The zero-order valence-corrected chi connectivity index (χ0v) is 8.18. The van der Waals surface area contributed by atoms with Gasteiger partial charge in [-0.3, -0.25) is 0 Å². The van der Waals surface area contributed by atoms with Gasteiger partial charge in [0, 0.05) is 6.04 Å². The fourth-order valence-electron chi connectivity index (χ4n) is 3.46. The fourth-order valence-corrected chi connectivity index (χ4v) is 3.46. The molecule has 0 radical (unpaired) electrons. The SMILES string of the molecule is CC(N)CC12CCCCC(C1)C2. The summed E-state index contributed by atoms with van der Waals surface area (Å²) < 4.78 is 0. The Kier molecular flexibility index (Phi) is 2.16. The lowest BCUT2D eigenvalue weighted by Crippen LogP contribution is -2.39. The van der Waals surface area contributed by atoms with Gasteiger partial charge in [-0.05, 0) is 43.9 Å². The van der Waals surface area contributed by atoms with E-state index in [9.17, 15) is 0 Å². The molecule has 0 aromatic rings. The zero-order chi connectivity index (χ0) is 8.60. The third kappa shape index (κ3) is 1.52. The summed E-state index contributed by atoms with van der Waals surface area (Å²) in [4.78, 5) is 0. The number of rotatable bonds is 2. The summed E-state index contributed by atoms with van der Waals surface area (Å²) in [5.74, 6) is 1.08. The van der Waals surface area contributed by atoms with Crippen molar-refractivity contribution in [1.29, 1.82) is 0 Å². The molecule has 70 valence electrons. The molecule has 1 nitrogen and oxygen atoms in total. The lowest BCUT2D eigenvalue weighted by Gasteiger charge is -2.47. The second kappa shape index (κ2) is 3.02. The van der Waals surface area contributed by atoms with Crippen LogP contribution in [0.5, 0.6) is 0 Å². The van der Waals surface area contributed by atoms with Crippen LogP contribution in [0.1, 0.15) is 51.9 Å². The minimum Gasteiger partial charge on any atom is -0.328 e. The van der Waals surface area contributed by atoms with E-state index in [1.54, 1.807) is 0 Å². The third-order valence-electron chi connectivity index (χ3n) is 3.77. The molecule has 3 aliphatic carbocycles. The van der Waals surface area contributed by atoms with Crippen LogP contribution in [-0.4, -0.2) is 6.04 Å². The highest BCUT2D eigenvalue weighted by molar-refractivity contribution is 4.96. The lowest BCUT2D eigenvalue weighted by molar-refractivity contribution is 0.0439. The van der Waals surface area contributed by atoms with E-state index in [1.807, 2.05) is 0 Å². The van der Waals surface area contributed by atoms with Gasteiger partial charge in [0.15, 0.2) is 0 Å². The molecule has 0 aromatic carbocycles. The van der Waals surface area contributed by atoms with E-state index in [1.165, 1.54) is 44.9 Å². The first-order valence-corrected chi connectivity index (χ1v) is 5.46. The summed E-state index contributed by atoms with van der Waals surface area (Å²) in [5, 5.41) is 0. The van der Waals surface area contributed by atoms with Crippen LogP contribution in [0.15, 0.2) is 0 Å². The van der Waals surface area contributed by atoms with Crippen LogP contribution in [0.3, 0.4) is 0 Å². The number of fused-ring (bicyclic) bond motifs is 3. The normalized spacial score (nSPS) is 43.0. The Balaban J connectivity index is 1.94. The lowest BCUT2D eigenvalue weighted by atomic mass is 9.58. The summed E-state index contributed by atoms with van der Waals surface area (Å²) in [6.07, 6.45) is 10.2. The second-order valence-electron chi connectivity index (χ2n) is 5.20. The van der Waals surface area contributed by atoms with E-state index < -0.39 is 0 Å². The first-order valence-electron chi connectivity index (χ1n) is 5.46. The summed E-state index contributed by atoms with van der Waals surface area (Å²) in [5.41, 5.74) is 6.59. The third-order valence-corrected chi connectivity index (χ3v) is 3.77. The highest BCUT2D eigenvalue weighted by atomic mass is 14.6. The van der Waals surface area contributed by atoms with Crippen LogP contribution in [0.25, 0.3) is 0 Å². The standard InChI is InChI=1S/C11H21N/c1-9(12)6-11-5-3-2-4-10(7-11)8-11/h9-10H,2-8,12H2,1H3. The zero-order valence-electron chi connectivity index (χ0n) is 8.18. The average molecular weight is 167 g/mol. The van der Waals surface area contributed by atoms with Gasteiger partial charge in [0.25, 0.3) is 0 Å². The summed E-state index contributed by atoms with van der Waals surface area (Å²) >= 11 is 0. The van der Waals surface area contributed by atoms with Crippen LogP contribution < -0.4 is 5.73 Å². The molecule has 0 heterocycles. The molecule has 0 aliphatic heterocycles. The highest BCUT2D eigenvalue weighted by Gasteiger charge is 2.44. The van der Waals surface area contributed by atoms with Crippen LogP contribution in [0, 0.1) is 11.3 Å². The van der Waals surface area contributed by atoms with Gasteiger partial charge in [0.05, 0.1) is 0 Å². The van der Waals surface area contributed by atoms with Gasteiger partial charge in [0.2, 0.25) is 0 Å². The number of hydrogen-bond donors (Lipinski definition) is 1. The van der Waals surface area contributed by atoms with Crippen molar-refractivity contribution in [3.05, 3.63) is 0 Å². The molecule has 0 spiro atoms. The molecular formula is C11H21N. The molecule has 3 rings (SSSR count). The number of nitrogens with two attached hydrogens (primary N) is 1. The van der Waals surface area contributed by atoms with Crippen molar-refractivity contribution < 1.29 is 0 Å². The Bertz CT molecular complexity index is 151. The molecule has 0 aromatic heterocycles. The van der Waals surface area contributed by atoms with E-state index in [2.05, 4.69) is 6.92 Å². The Morgan fingerprint density at radius 3 is 2.83 bits per heavy atom. The van der Waals surface area contributed by atoms with Gasteiger partial charge in [-0.2, -0.15) is 0 Å². The van der Waals surface area contributed by atoms with Gasteiger partial charge in [-0.25, -0.2) is 0 Å². The maximum absolute atomic E-state index is 5.88. The van der Waals surface area contributed by atoms with E-state index in [0.717, 1.165) is 5.92 Å². The maximum Gasteiger partial charge on any atom is 0.00157 e. The molecule has 1 atom stereocenters. The predicted octanol–water partition coefficient (Wildman–Crippen LogP) is 2.69. The number of hydrogen-bond acceptors (Lipinski definition) is 1. The maximum atomic E-state index is 5.88. The Morgan fingerprint density at radius 2 is 2.17 bits per heavy atom. The highest BCUT2D eigenvalue weighted by Crippen LogP contribution is 2.56. The van der Waals surface area contributed by atoms with Gasteiger partial charge in [-0.1, -0.05) is 19.3 Å². The van der Waals surface area contributed by atoms with E-state index >= 15 is 0 Å². The molecule has 2 bridgehead atoms. The molecule has 1 unspecified atom stereocenters. The quantitative estimate of drug-likeness (QED) is 0.672. The fraction of sp³-hybridized carbons (Fsp3) is 1.00. The van der Waals surface area contributed by atoms with Crippen LogP contribution in [0.2, 0.25) is 0 Å². The molecule has 1 heteroatoms. The monoisotopic (exact) mass is 167 g/mol. The van der Waals surface area contributed by atoms with E-state index in [0.29, 0.717) is 11.5 Å². The minimum atomic E-state index is 0.420. The van der Waals surface area contributed by atoms with Gasteiger partial charge in [-0.15, -0.1) is 0 Å². The second-order valence-corrected chi connectivity index (χ2v) is 5.20. The predicted molar refractivity (Wildman–Crippen MR) is 51.9 cm³/mol. The van der Waals surface area contributed by atoms with Crippen molar-refractivity contribution in [2.24, 2.45) is 17.1 Å². The molecule has 0 saturated heterocycles. The van der Waals surface area contributed by atoms with Crippen LogP contribution >= 0.6 is 0 Å². The first kappa shape index (κ1) is 8.55. The smallest absolute Gasteiger partial charge is 0.00157 e. The molecule has 2 N–H and O–H groups in total. The van der Waals surface area contributed by atoms with Crippen LogP contribution in [-0.2, 0) is 0 Å². The van der Waals surface area contributed by atoms with Crippen molar-refractivity contribution in [3.63, 3.8) is 0 Å². The van der Waals surface area contributed by atoms with Crippen molar-refractivity contribution in [2.75, 3.05) is 0 Å². The summed E-state index contributed by atoms with van der Waals surface area (Å²) in [6, 6.07) is 0.420. The van der Waals surface area contributed by atoms with Gasteiger partial charge >= 0.3 is 0 Å². The largest absolute Gasteiger partial charge is 0.328 e. The van der Waals surface area contributed by atoms with Gasteiger partial charge < -0.3 is 5.73 Å². The molecule has 3 fully saturated rings. The first-order chi connectivity index (χ1) is 5.70. The van der Waals surface area contributed by atoms with E-state index in [4.69, 9.17) is 5.73 Å².